The second-order valence-electron chi connectivity index (χ2n) is 7.90. The van der Waals surface area contributed by atoms with Crippen molar-refractivity contribution in [3.05, 3.63) is 30.3 Å². The quantitative estimate of drug-likeness (QED) is 0.760. The molecule has 0 unspecified atom stereocenters. The number of para-hydroxylation sites is 1. The maximum absolute atomic E-state index is 12.3. The monoisotopic (exact) mass is 373 g/mol. The number of carbonyl (C=O) groups is 1. The Balaban J connectivity index is 1.78. The average Bonchev–Trinajstić information content (AvgIpc) is 2.96. The molecule has 1 saturated heterocycles. The second-order valence-corrected chi connectivity index (χ2v) is 8.91. The van der Waals surface area contributed by atoms with Gasteiger partial charge in [-0.1, -0.05) is 30.0 Å². The number of nitrogens with zero attached hydrogens (tertiary/aromatic N) is 3. The van der Waals surface area contributed by atoms with Gasteiger partial charge in [0.2, 0.25) is 0 Å². The molecule has 1 fully saturated rings. The van der Waals surface area contributed by atoms with Crippen LogP contribution in [0, 0.1) is 0 Å². The Bertz CT molecular complexity index is 837. The summed E-state index contributed by atoms with van der Waals surface area (Å²) in [5, 5.41) is 1.00. The summed E-state index contributed by atoms with van der Waals surface area (Å²) < 4.78 is 6.67. The van der Waals surface area contributed by atoms with Crippen LogP contribution in [0.4, 0.5) is 9.93 Å². The van der Waals surface area contributed by atoms with Gasteiger partial charge < -0.3 is 14.5 Å². The number of anilines is 1. The summed E-state index contributed by atoms with van der Waals surface area (Å²) in [5.74, 6) is 0. The van der Waals surface area contributed by atoms with Gasteiger partial charge in [-0.2, -0.15) is 0 Å². The Morgan fingerprint density at radius 1 is 1.35 bits per heavy atom. The minimum absolute atomic E-state index is 0.185. The number of rotatable bonds is 2. The van der Waals surface area contributed by atoms with E-state index in [-0.39, 0.29) is 12.1 Å². The van der Waals surface area contributed by atoms with Crippen molar-refractivity contribution in [3.63, 3.8) is 0 Å². The number of amides is 1. The van der Waals surface area contributed by atoms with Crippen molar-refractivity contribution in [1.29, 1.82) is 0 Å². The van der Waals surface area contributed by atoms with Crippen LogP contribution in [0.1, 0.15) is 40.2 Å². The van der Waals surface area contributed by atoms with E-state index in [0.717, 1.165) is 28.3 Å². The van der Waals surface area contributed by atoms with Gasteiger partial charge in [0.1, 0.15) is 5.60 Å². The number of fused-ring (bicyclic) bond motifs is 1. The van der Waals surface area contributed by atoms with Gasteiger partial charge in [0.25, 0.3) is 0 Å². The topological polar surface area (TPSA) is 45.7 Å². The Kier molecular flexibility index (Phi) is 4.97. The van der Waals surface area contributed by atoms with E-state index in [1.165, 1.54) is 4.70 Å². The molecular formula is C20H27N3O2S. The lowest BCUT2D eigenvalue weighted by Crippen LogP contribution is -2.54. The maximum atomic E-state index is 12.3. The lowest BCUT2D eigenvalue weighted by atomic mass is 10.1. The molecule has 26 heavy (non-hydrogen) atoms. The lowest BCUT2D eigenvalue weighted by Gasteiger charge is -2.40. The molecule has 1 atom stereocenters. The number of piperazine rings is 1. The molecule has 1 aromatic carbocycles. The number of hydrogen-bond donors (Lipinski definition) is 0. The number of allylic oxidation sites excluding steroid dienone is 1. The van der Waals surface area contributed by atoms with Gasteiger partial charge in [-0.05, 0) is 46.3 Å². The Hall–Kier alpha value is -2.08. The molecule has 3 rings (SSSR count). The largest absolute Gasteiger partial charge is 0.444 e. The molecule has 6 heteroatoms. The fraction of sp³-hybridized carbons (Fsp3) is 0.500. The van der Waals surface area contributed by atoms with Gasteiger partial charge >= 0.3 is 6.09 Å². The highest BCUT2D eigenvalue weighted by Crippen LogP contribution is 2.34. The molecular weight excluding hydrogens is 346 g/mol. The maximum Gasteiger partial charge on any atom is 0.410 e. The van der Waals surface area contributed by atoms with Crippen molar-refractivity contribution >= 4 is 38.4 Å². The zero-order chi connectivity index (χ0) is 19.1. The number of carbonyl (C=O) groups excluding carboxylic acids is 1. The number of ether oxygens (including phenoxy) is 1. The number of benzene rings is 1. The molecule has 2 aromatic rings. The van der Waals surface area contributed by atoms with Crippen LogP contribution in [0.25, 0.3) is 15.8 Å². The molecule has 1 amide bonds. The van der Waals surface area contributed by atoms with Gasteiger partial charge in [-0.15, -0.1) is 0 Å². The fourth-order valence-electron chi connectivity index (χ4n) is 3.14. The van der Waals surface area contributed by atoms with Crippen molar-refractivity contribution in [2.75, 3.05) is 24.5 Å². The molecule has 1 aromatic heterocycles. The SMILES string of the molecule is C=C(C)c1cccc2sc(N3CCN(C(=O)OC(C)(C)C)C[C@H]3C)nc12. The molecule has 0 radical (unpaired) electrons. The molecule has 0 spiro atoms. The van der Waals surface area contributed by atoms with E-state index in [0.29, 0.717) is 13.1 Å². The first-order valence-corrected chi connectivity index (χ1v) is 9.77. The Morgan fingerprint density at radius 3 is 2.69 bits per heavy atom. The molecule has 1 aliphatic rings. The summed E-state index contributed by atoms with van der Waals surface area (Å²) in [4.78, 5) is 21.3. The molecule has 140 valence electrons. The van der Waals surface area contributed by atoms with E-state index in [9.17, 15) is 4.79 Å². The van der Waals surface area contributed by atoms with Crippen LogP contribution < -0.4 is 4.90 Å². The molecule has 0 aliphatic carbocycles. The molecule has 1 aliphatic heterocycles. The minimum atomic E-state index is -0.469. The smallest absolute Gasteiger partial charge is 0.410 e. The third kappa shape index (κ3) is 3.85. The average molecular weight is 374 g/mol. The summed E-state index contributed by atoms with van der Waals surface area (Å²) in [5.41, 5.74) is 2.67. The number of aromatic nitrogens is 1. The molecule has 0 saturated carbocycles. The van der Waals surface area contributed by atoms with Gasteiger partial charge in [0.05, 0.1) is 10.2 Å². The van der Waals surface area contributed by atoms with Crippen LogP contribution in [0.15, 0.2) is 24.8 Å². The zero-order valence-corrected chi connectivity index (χ0v) is 17.0. The highest BCUT2D eigenvalue weighted by Gasteiger charge is 2.31. The second kappa shape index (κ2) is 6.91. The van der Waals surface area contributed by atoms with Crippen LogP contribution in [-0.2, 0) is 4.74 Å². The molecule has 2 heterocycles. The first-order chi connectivity index (χ1) is 12.2. The van der Waals surface area contributed by atoms with Crippen LogP contribution in [0.5, 0.6) is 0 Å². The van der Waals surface area contributed by atoms with E-state index in [2.05, 4.69) is 36.6 Å². The molecule has 0 N–H and O–H groups in total. The summed E-state index contributed by atoms with van der Waals surface area (Å²) in [6, 6.07) is 6.41. The summed E-state index contributed by atoms with van der Waals surface area (Å²) in [7, 11) is 0. The molecule has 5 nitrogen and oxygen atoms in total. The number of hydrogen-bond acceptors (Lipinski definition) is 5. The summed E-state index contributed by atoms with van der Waals surface area (Å²) in [6.07, 6.45) is -0.238. The third-order valence-corrected chi connectivity index (χ3v) is 5.45. The first-order valence-electron chi connectivity index (χ1n) is 8.96. The zero-order valence-electron chi connectivity index (χ0n) is 16.2. The van der Waals surface area contributed by atoms with Gasteiger partial charge in [0.15, 0.2) is 5.13 Å². The van der Waals surface area contributed by atoms with E-state index in [4.69, 9.17) is 9.72 Å². The van der Waals surface area contributed by atoms with Crippen molar-refractivity contribution in [1.82, 2.24) is 9.88 Å². The van der Waals surface area contributed by atoms with Crippen molar-refractivity contribution in [2.45, 2.75) is 46.3 Å². The summed E-state index contributed by atoms with van der Waals surface area (Å²) >= 11 is 1.70. The van der Waals surface area contributed by atoms with Crippen molar-refractivity contribution < 1.29 is 9.53 Å². The van der Waals surface area contributed by atoms with E-state index in [1.807, 2.05) is 27.7 Å². The van der Waals surface area contributed by atoms with Crippen molar-refractivity contribution in [2.24, 2.45) is 0 Å². The van der Waals surface area contributed by atoms with E-state index < -0.39 is 5.60 Å². The van der Waals surface area contributed by atoms with Gasteiger partial charge in [0, 0.05) is 31.2 Å². The molecule has 0 bridgehead atoms. The van der Waals surface area contributed by atoms with Gasteiger partial charge in [-0.3, -0.25) is 0 Å². The highest BCUT2D eigenvalue weighted by atomic mass is 32.1. The fourth-order valence-corrected chi connectivity index (χ4v) is 4.26. The third-order valence-electron chi connectivity index (χ3n) is 4.39. The van der Waals surface area contributed by atoms with Gasteiger partial charge in [-0.25, -0.2) is 9.78 Å². The standard InChI is InChI=1S/C20H27N3O2S/c1-13(2)15-8-7-9-16-17(15)21-18(26-16)23-11-10-22(12-14(23)3)19(24)25-20(4,5)6/h7-9,14H,1,10-12H2,2-6H3/t14-/m1/s1. The summed E-state index contributed by atoms with van der Waals surface area (Å²) in [6.45, 7) is 15.9. The van der Waals surface area contributed by atoms with E-state index >= 15 is 0 Å². The van der Waals surface area contributed by atoms with Crippen LogP contribution in [0.2, 0.25) is 0 Å². The van der Waals surface area contributed by atoms with E-state index in [1.54, 1.807) is 16.2 Å². The van der Waals surface area contributed by atoms with Crippen LogP contribution >= 0.6 is 11.3 Å². The highest BCUT2D eigenvalue weighted by molar-refractivity contribution is 7.22. The minimum Gasteiger partial charge on any atom is -0.444 e. The Morgan fingerprint density at radius 2 is 2.08 bits per heavy atom. The Labute approximate surface area is 159 Å². The number of thiazole rings is 1. The lowest BCUT2D eigenvalue weighted by molar-refractivity contribution is 0.0219. The first kappa shape index (κ1) is 18.7. The van der Waals surface area contributed by atoms with Crippen LogP contribution in [-0.4, -0.2) is 47.3 Å². The normalized spacial score (nSPS) is 18.3. The predicted octanol–water partition coefficient (Wildman–Crippen LogP) is 4.78. The predicted molar refractivity (Wildman–Crippen MR) is 109 cm³/mol. The van der Waals surface area contributed by atoms with Crippen molar-refractivity contribution in [3.8, 4) is 0 Å². The van der Waals surface area contributed by atoms with Crippen LogP contribution in [0.3, 0.4) is 0 Å².